The first-order chi connectivity index (χ1) is 8.54. The van der Waals surface area contributed by atoms with E-state index < -0.39 is 11.6 Å². The van der Waals surface area contributed by atoms with E-state index in [1.54, 1.807) is 6.92 Å². The van der Waals surface area contributed by atoms with Gasteiger partial charge in [-0.2, -0.15) is 5.26 Å². The molecule has 5 heteroatoms. The molecule has 0 spiro atoms. The molecule has 1 aliphatic rings. The third-order valence-corrected chi connectivity index (χ3v) is 3.20. The van der Waals surface area contributed by atoms with Gasteiger partial charge >= 0.3 is 0 Å². The predicted octanol–water partition coefficient (Wildman–Crippen LogP) is 1.97. The van der Waals surface area contributed by atoms with Crippen molar-refractivity contribution in [1.29, 1.82) is 5.26 Å². The molecule has 0 radical (unpaired) electrons. The summed E-state index contributed by atoms with van der Waals surface area (Å²) in [5.74, 6) is -1.58. The van der Waals surface area contributed by atoms with Crippen molar-refractivity contribution >= 4 is 11.6 Å². The minimum Gasteiger partial charge on any atom is -0.505 e. The van der Waals surface area contributed by atoms with Crippen LogP contribution in [0.15, 0.2) is 12.1 Å². The lowest BCUT2D eigenvalue weighted by atomic mass is 10.0. The van der Waals surface area contributed by atoms with Gasteiger partial charge in [0.25, 0.3) is 0 Å². The number of aryl methyl sites for hydroxylation is 1. The second kappa shape index (κ2) is 4.65. The molecule has 1 aromatic carbocycles. The lowest BCUT2D eigenvalue weighted by molar-refractivity contribution is -0.121. The largest absolute Gasteiger partial charge is 0.505 e. The van der Waals surface area contributed by atoms with Crippen molar-refractivity contribution in [2.75, 3.05) is 11.4 Å². The van der Waals surface area contributed by atoms with Crippen LogP contribution >= 0.6 is 0 Å². The molecule has 0 bridgehead atoms. The number of hydrogen-bond donors (Lipinski definition) is 1. The molecule has 18 heavy (non-hydrogen) atoms. The Kier molecular flexibility index (Phi) is 3.19. The molecule has 0 aliphatic carbocycles. The molecular weight excluding hydrogens is 235 g/mol. The number of rotatable bonds is 1. The lowest BCUT2D eigenvalue weighted by Gasteiger charge is -2.22. The SMILES string of the molecule is CC1CCc2cc(F)c(O)cc2N(CC#N)C1=O. The number of phenolic OH excluding ortho intramolecular Hbond substituents is 1. The minimum atomic E-state index is -0.701. The van der Waals surface area contributed by atoms with Crippen LogP contribution in [0.3, 0.4) is 0 Å². The average molecular weight is 248 g/mol. The summed E-state index contributed by atoms with van der Waals surface area (Å²) in [6.45, 7) is 1.69. The number of aromatic hydroxyl groups is 1. The molecule has 1 N–H and O–H groups in total. The van der Waals surface area contributed by atoms with Crippen LogP contribution in [0.2, 0.25) is 0 Å². The quantitative estimate of drug-likeness (QED) is 0.773. The lowest BCUT2D eigenvalue weighted by Crippen LogP contribution is -2.34. The molecule has 0 saturated heterocycles. The monoisotopic (exact) mass is 248 g/mol. The molecule has 4 nitrogen and oxygen atoms in total. The van der Waals surface area contributed by atoms with Crippen LogP contribution in [0.5, 0.6) is 5.75 Å². The first kappa shape index (κ1) is 12.4. The fourth-order valence-electron chi connectivity index (χ4n) is 2.16. The van der Waals surface area contributed by atoms with Gasteiger partial charge in [-0.25, -0.2) is 4.39 Å². The van der Waals surface area contributed by atoms with E-state index in [4.69, 9.17) is 5.26 Å². The van der Waals surface area contributed by atoms with Crippen molar-refractivity contribution in [2.45, 2.75) is 19.8 Å². The summed E-state index contributed by atoms with van der Waals surface area (Å²) in [5.41, 5.74) is 1.09. The molecule has 0 aromatic heterocycles. The fraction of sp³-hybridized carbons (Fsp3) is 0.385. The van der Waals surface area contributed by atoms with E-state index in [1.165, 1.54) is 17.0 Å². The number of phenols is 1. The zero-order valence-electron chi connectivity index (χ0n) is 9.98. The third-order valence-electron chi connectivity index (χ3n) is 3.20. The number of amides is 1. The maximum atomic E-state index is 13.3. The van der Waals surface area contributed by atoms with E-state index in [-0.39, 0.29) is 18.4 Å². The normalized spacial score (nSPS) is 19.1. The number of halogens is 1. The molecule has 0 fully saturated rings. The zero-order valence-corrected chi connectivity index (χ0v) is 9.98. The van der Waals surface area contributed by atoms with E-state index >= 15 is 0 Å². The Hall–Kier alpha value is -2.09. The number of nitrogens with zero attached hydrogens (tertiary/aromatic N) is 2. The summed E-state index contributed by atoms with van der Waals surface area (Å²) < 4.78 is 13.3. The van der Waals surface area contributed by atoms with E-state index in [2.05, 4.69) is 0 Å². The summed E-state index contributed by atoms with van der Waals surface area (Å²) in [7, 11) is 0. The van der Waals surface area contributed by atoms with Gasteiger partial charge < -0.3 is 5.11 Å². The Morgan fingerprint density at radius 1 is 1.61 bits per heavy atom. The molecule has 1 aromatic rings. The summed E-state index contributed by atoms with van der Waals surface area (Å²) in [6.07, 6.45) is 1.17. The second-order valence-corrected chi connectivity index (χ2v) is 4.45. The van der Waals surface area contributed by atoms with Crippen molar-refractivity contribution in [1.82, 2.24) is 0 Å². The Morgan fingerprint density at radius 3 is 3.00 bits per heavy atom. The molecular formula is C13H13FN2O2. The van der Waals surface area contributed by atoms with Gasteiger partial charge in [0.1, 0.15) is 6.54 Å². The van der Waals surface area contributed by atoms with E-state index in [0.29, 0.717) is 24.1 Å². The standard InChI is InChI=1S/C13H13FN2O2/c1-8-2-3-9-6-10(14)12(17)7-11(9)16(5-4-15)13(8)18/h6-8,17H,2-3,5H2,1H3. The van der Waals surface area contributed by atoms with Crippen LogP contribution in [-0.4, -0.2) is 17.6 Å². The molecule has 1 atom stereocenters. The molecule has 0 saturated carbocycles. The van der Waals surface area contributed by atoms with Crippen LogP contribution in [0, 0.1) is 23.1 Å². The van der Waals surface area contributed by atoms with Gasteiger partial charge in [-0.05, 0) is 24.5 Å². The first-order valence-corrected chi connectivity index (χ1v) is 5.74. The van der Waals surface area contributed by atoms with Crippen molar-refractivity contribution in [3.05, 3.63) is 23.5 Å². The highest BCUT2D eigenvalue weighted by Crippen LogP contribution is 2.33. The van der Waals surface area contributed by atoms with Gasteiger partial charge in [-0.1, -0.05) is 6.92 Å². The third kappa shape index (κ3) is 2.02. The van der Waals surface area contributed by atoms with Gasteiger partial charge in [0, 0.05) is 12.0 Å². The van der Waals surface area contributed by atoms with Crippen molar-refractivity contribution < 1.29 is 14.3 Å². The Labute approximate surface area is 104 Å². The van der Waals surface area contributed by atoms with Gasteiger partial charge in [0.05, 0.1) is 11.8 Å². The highest BCUT2D eigenvalue weighted by atomic mass is 19.1. The second-order valence-electron chi connectivity index (χ2n) is 4.45. The van der Waals surface area contributed by atoms with Crippen LogP contribution < -0.4 is 4.90 Å². The van der Waals surface area contributed by atoms with E-state index in [1.807, 2.05) is 6.07 Å². The number of hydrogen-bond acceptors (Lipinski definition) is 3. The van der Waals surface area contributed by atoms with Gasteiger partial charge in [-0.3, -0.25) is 9.69 Å². The topological polar surface area (TPSA) is 64.3 Å². The summed E-state index contributed by atoms with van der Waals surface area (Å²) in [6, 6.07) is 4.38. The number of carbonyl (C=O) groups excluding carboxylic acids is 1. The first-order valence-electron chi connectivity index (χ1n) is 5.74. The summed E-state index contributed by atoms with van der Waals surface area (Å²) >= 11 is 0. The highest BCUT2D eigenvalue weighted by Gasteiger charge is 2.28. The van der Waals surface area contributed by atoms with Gasteiger partial charge in [0.15, 0.2) is 11.6 Å². The van der Waals surface area contributed by atoms with E-state index in [0.717, 1.165) is 0 Å². The van der Waals surface area contributed by atoms with Crippen LogP contribution in [0.4, 0.5) is 10.1 Å². The maximum Gasteiger partial charge on any atom is 0.230 e. The van der Waals surface area contributed by atoms with Gasteiger partial charge in [-0.15, -0.1) is 0 Å². The molecule has 2 rings (SSSR count). The molecule has 94 valence electrons. The van der Waals surface area contributed by atoms with Crippen LogP contribution in [-0.2, 0) is 11.2 Å². The Balaban J connectivity index is 2.55. The predicted molar refractivity (Wildman–Crippen MR) is 63.5 cm³/mol. The zero-order chi connectivity index (χ0) is 13.3. The van der Waals surface area contributed by atoms with Crippen LogP contribution in [0.25, 0.3) is 0 Å². The number of nitriles is 1. The van der Waals surface area contributed by atoms with Gasteiger partial charge in [0.2, 0.25) is 5.91 Å². The molecule has 1 unspecified atom stereocenters. The molecule has 1 aliphatic heterocycles. The summed E-state index contributed by atoms with van der Waals surface area (Å²) in [5, 5.41) is 18.2. The summed E-state index contributed by atoms with van der Waals surface area (Å²) in [4.78, 5) is 13.4. The van der Waals surface area contributed by atoms with Crippen LogP contribution in [0.1, 0.15) is 18.9 Å². The van der Waals surface area contributed by atoms with Crippen molar-refractivity contribution in [2.24, 2.45) is 5.92 Å². The number of fused-ring (bicyclic) bond motifs is 1. The highest BCUT2D eigenvalue weighted by molar-refractivity contribution is 5.96. The van der Waals surface area contributed by atoms with E-state index in [9.17, 15) is 14.3 Å². The Morgan fingerprint density at radius 2 is 2.33 bits per heavy atom. The number of anilines is 1. The van der Waals surface area contributed by atoms with Crippen molar-refractivity contribution in [3.8, 4) is 11.8 Å². The molecule has 1 heterocycles. The number of benzene rings is 1. The fourth-order valence-corrected chi connectivity index (χ4v) is 2.16. The number of carbonyl (C=O) groups is 1. The van der Waals surface area contributed by atoms with Crippen molar-refractivity contribution in [3.63, 3.8) is 0 Å². The smallest absolute Gasteiger partial charge is 0.230 e. The maximum absolute atomic E-state index is 13.3. The minimum absolute atomic E-state index is 0.0960. The molecule has 1 amide bonds. The average Bonchev–Trinajstić information content (AvgIpc) is 2.44. The Bertz CT molecular complexity index is 537.